The summed E-state index contributed by atoms with van der Waals surface area (Å²) in [4.78, 5) is 15.0. The van der Waals surface area contributed by atoms with Gasteiger partial charge in [-0.25, -0.2) is 4.79 Å². The summed E-state index contributed by atoms with van der Waals surface area (Å²) in [6, 6.07) is 15.3. The average molecular weight is 368 g/mol. The number of aromatic nitrogens is 1. The van der Waals surface area contributed by atoms with Crippen molar-refractivity contribution in [1.29, 1.82) is 0 Å². The zero-order valence-corrected chi connectivity index (χ0v) is 16.7. The molecule has 4 heteroatoms. The summed E-state index contributed by atoms with van der Waals surface area (Å²) in [5.74, 6) is 0. The number of carbonyl (C=O) groups is 1. The lowest BCUT2D eigenvalue weighted by Crippen LogP contribution is -2.48. The molecule has 0 radical (unpaired) electrons. The summed E-state index contributed by atoms with van der Waals surface area (Å²) in [5.41, 5.74) is 2.45. The molecule has 1 aromatic carbocycles. The van der Waals surface area contributed by atoms with Gasteiger partial charge in [0.1, 0.15) is 0 Å². The maximum atomic E-state index is 13.0. The van der Waals surface area contributed by atoms with E-state index in [-0.39, 0.29) is 12.1 Å². The van der Waals surface area contributed by atoms with Crippen molar-refractivity contribution < 1.29 is 4.79 Å². The Labute approximate surface area is 163 Å². The smallest absolute Gasteiger partial charge is 0.318 e. The number of hydrogen-bond donors (Lipinski definition) is 1. The Hall–Kier alpha value is -2.23. The van der Waals surface area contributed by atoms with Crippen LogP contribution in [0.4, 0.5) is 4.79 Å². The zero-order chi connectivity index (χ0) is 19.1. The highest BCUT2D eigenvalue weighted by molar-refractivity contribution is 5.74. The molecule has 1 aliphatic rings. The molecule has 1 aliphatic carbocycles. The largest absolute Gasteiger partial charge is 0.345 e. The number of nitrogens with zero attached hydrogens (tertiary/aromatic N) is 2. The summed E-state index contributed by atoms with van der Waals surface area (Å²) in [6.07, 6.45) is 9.06. The molecule has 1 aromatic heterocycles. The van der Waals surface area contributed by atoms with Gasteiger partial charge in [0.15, 0.2) is 0 Å². The Balaban J connectivity index is 1.69. The van der Waals surface area contributed by atoms with Gasteiger partial charge in [0.25, 0.3) is 0 Å². The van der Waals surface area contributed by atoms with Crippen molar-refractivity contribution in [3.63, 3.8) is 0 Å². The summed E-state index contributed by atoms with van der Waals surface area (Å²) >= 11 is 0. The molecule has 1 saturated carbocycles. The van der Waals surface area contributed by atoms with Gasteiger partial charge in [0.05, 0.1) is 6.54 Å². The molecule has 0 aliphatic heterocycles. The first-order valence-corrected chi connectivity index (χ1v) is 10.4. The number of amides is 2. The van der Waals surface area contributed by atoms with E-state index in [1.165, 1.54) is 30.5 Å². The molecule has 0 saturated heterocycles. The van der Waals surface area contributed by atoms with E-state index in [0.29, 0.717) is 12.6 Å². The Kier molecular flexibility index (Phi) is 6.97. The van der Waals surface area contributed by atoms with E-state index in [1.807, 2.05) is 11.0 Å². The topological polar surface area (TPSA) is 37.3 Å². The number of benzene rings is 1. The molecule has 1 atom stereocenters. The third kappa shape index (κ3) is 5.38. The van der Waals surface area contributed by atoms with E-state index in [9.17, 15) is 4.79 Å². The predicted molar refractivity (Wildman–Crippen MR) is 111 cm³/mol. The molecular weight excluding hydrogens is 334 g/mol. The van der Waals surface area contributed by atoms with Gasteiger partial charge in [0, 0.05) is 30.5 Å². The molecule has 1 heterocycles. The van der Waals surface area contributed by atoms with Gasteiger partial charge < -0.3 is 14.8 Å². The number of carbonyl (C=O) groups excluding carboxylic acids is 1. The van der Waals surface area contributed by atoms with Gasteiger partial charge in [-0.15, -0.1) is 0 Å². The van der Waals surface area contributed by atoms with E-state index in [2.05, 4.69) is 66.3 Å². The minimum atomic E-state index is 0.0868. The molecule has 4 nitrogen and oxygen atoms in total. The van der Waals surface area contributed by atoms with Crippen molar-refractivity contribution in [3.8, 4) is 0 Å². The summed E-state index contributed by atoms with van der Waals surface area (Å²) in [5, 5.41) is 3.29. The predicted octanol–water partition coefficient (Wildman–Crippen LogP) is 5.18. The van der Waals surface area contributed by atoms with Crippen LogP contribution in [0.3, 0.4) is 0 Å². The molecule has 2 aromatic rings. The molecular formula is C23H33N3O. The quantitative estimate of drug-likeness (QED) is 0.719. The summed E-state index contributed by atoms with van der Waals surface area (Å²) < 4.78 is 2.25. The Bertz CT molecular complexity index is 703. The third-order valence-corrected chi connectivity index (χ3v) is 5.77. The molecule has 146 valence electrons. The Morgan fingerprint density at radius 2 is 1.89 bits per heavy atom. The van der Waals surface area contributed by atoms with Crippen LogP contribution < -0.4 is 5.32 Å². The lowest BCUT2D eigenvalue weighted by Gasteiger charge is -2.32. The second kappa shape index (κ2) is 9.63. The standard InChI is InChI=1S/C23H33N3O/c1-3-19(2)26(23(27)24-21-13-8-5-9-14-21)18-22-15-10-16-25(22)17-20-11-6-4-7-12-20/h4,6-7,10-12,15-16,19,21H,3,5,8-9,13-14,17-18H2,1-2H3,(H,24,27)/t19-/m0/s1. The Morgan fingerprint density at radius 3 is 2.59 bits per heavy atom. The second-order valence-corrected chi connectivity index (χ2v) is 7.78. The molecule has 27 heavy (non-hydrogen) atoms. The van der Waals surface area contributed by atoms with Crippen molar-refractivity contribution in [3.05, 3.63) is 59.9 Å². The van der Waals surface area contributed by atoms with Crippen molar-refractivity contribution in [1.82, 2.24) is 14.8 Å². The first kappa shape index (κ1) is 19.5. The maximum Gasteiger partial charge on any atom is 0.318 e. The highest BCUT2D eigenvalue weighted by Gasteiger charge is 2.24. The van der Waals surface area contributed by atoms with E-state index in [1.54, 1.807) is 0 Å². The van der Waals surface area contributed by atoms with Crippen LogP contribution >= 0.6 is 0 Å². The van der Waals surface area contributed by atoms with Gasteiger partial charge in [0.2, 0.25) is 0 Å². The van der Waals surface area contributed by atoms with Crippen molar-refractivity contribution in [2.24, 2.45) is 0 Å². The van der Waals surface area contributed by atoms with Gasteiger partial charge in [-0.05, 0) is 43.9 Å². The van der Waals surface area contributed by atoms with Crippen molar-refractivity contribution in [2.45, 2.75) is 77.5 Å². The van der Waals surface area contributed by atoms with E-state index < -0.39 is 0 Å². The first-order valence-electron chi connectivity index (χ1n) is 10.4. The minimum Gasteiger partial charge on any atom is -0.345 e. The van der Waals surface area contributed by atoms with Crippen LogP contribution in [0.2, 0.25) is 0 Å². The monoisotopic (exact) mass is 367 g/mol. The lowest BCUT2D eigenvalue weighted by atomic mass is 9.96. The highest BCUT2D eigenvalue weighted by atomic mass is 16.2. The fourth-order valence-corrected chi connectivity index (χ4v) is 3.85. The van der Waals surface area contributed by atoms with Gasteiger partial charge in [-0.3, -0.25) is 0 Å². The number of urea groups is 1. The number of nitrogens with one attached hydrogen (secondary N) is 1. The molecule has 0 spiro atoms. The van der Waals surface area contributed by atoms with Gasteiger partial charge in [-0.2, -0.15) is 0 Å². The average Bonchev–Trinajstić information content (AvgIpc) is 3.13. The molecule has 0 unspecified atom stereocenters. The second-order valence-electron chi connectivity index (χ2n) is 7.78. The Morgan fingerprint density at radius 1 is 1.15 bits per heavy atom. The summed E-state index contributed by atoms with van der Waals surface area (Å²) in [7, 11) is 0. The molecule has 1 N–H and O–H groups in total. The summed E-state index contributed by atoms with van der Waals surface area (Å²) in [6.45, 7) is 5.77. The number of rotatable bonds is 7. The van der Waals surface area contributed by atoms with Crippen LogP contribution in [-0.2, 0) is 13.1 Å². The van der Waals surface area contributed by atoms with E-state index in [4.69, 9.17) is 0 Å². The van der Waals surface area contributed by atoms with Crippen molar-refractivity contribution in [2.75, 3.05) is 0 Å². The van der Waals surface area contributed by atoms with Crippen LogP contribution in [0.5, 0.6) is 0 Å². The fourth-order valence-electron chi connectivity index (χ4n) is 3.85. The fraction of sp³-hybridized carbons (Fsp3) is 0.522. The van der Waals surface area contributed by atoms with Crippen LogP contribution in [-0.4, -0.2) is 27.6 Å². The minimum absolute atomic E-state index is 0.0868. The molecule has 3 rings (SSSR count). The third-order valence-electron chi connectivity index (χ3n) is 5.77. The molecule has 0 bridgehead atoms. The molecule has 1 fully saturated rings. The first-order chi connectivity index (χ1) is 13.2. The lowest BCUT2D eigenvalue weighted by molar-refractivity contribution is 0.165. The van der Waals surface area contributed by atoms with E-state index in [0.717, 1.165) is 25.8 Å². The normalized spacial score (nSPS) is 16.1. The van der Waals surface area contributed by atoms with Crippen LogP contribution in [0, 0.1) is 0 Å². The van der Waals surface area contributed by atoms with Crippen molar-refractivity contribution >= 4 is 6.03 Å². The highest BCUT2D eigenvalue weighted by Crippen LogP contribution is 2.19. The van der Waals surface area contributed by atoms with Gasteiger partial charge in [-0.1, -0.05) is 56.5 Å². The van der Waals surface area contributed by atoms with Crippen LogP contribution in [0.25, 0.3) is 0 Å². The van der Waals surface area contributed by atoms with Crippen LogP contribution in [0.1, 0.15) is 63.6 Å². The van der Waals surface area contributed by atoms with Gasteiger partial charge >= 0.3 is 6.03 Å². The zero-order valence-electron chi connectivity index (χ0n) is 16.7. The molecule has 2 amide bonds. The maximum absolute atomic E-state index is 13.0. The van der Waals surface area contributed by atoms with E-state index >= 15 is 0 Å². The SMILES string of the molecule is CC[C@H](C)N(Cc1cccn1Cc1ccccc1)C(=O)NC1CCCCC1. The van der Waals surface area contributed by atoms with Crippen LogP contribution in [0.15, 0.2) is 48.7 Å². The number of hydrogen-bond acceptors (Lipinski definition) is 1.